The number of aromatic hydroxyl groups is 3. The molecule has 1 heterocycles. The Bertz CT molecular complexity index is 1830. The fraction of sp³-hybridized carbons (Fsp3) is 0.214. The van der Waals surface area contributed by atoms with Crippen LogP contribution in [0.25, 0.3) is 10.8 Å². The molecule has 3 aliphatic rings. The Morgan fingerprint density at radius 3 is 2.33 bits per heavy atom. The van der Waals surface area contributed by atoms with Crippen LogP contribution in [0.3, 0.4) is 0 Å². The molecule has 1 unspecified atom stereocenters. The fourth-order valence-electron chi connectivity index (χ4n) is 6.02. The summed E-state index contributed by atoms with van der Waals surface area (Å²) < 4.78 is 4.91. The Labute approximate surface area is 224 Å². The van der Waals surface area contributed by atoms with E-state index in [-0.39, 0.29) is 40.4 Å². The van der Waals surface area contributed by atoms with Gasteiger partial charge in [-0.05, 0) is 36.9 Å². The van der Waals surface area contributed by atoms with Gasteiger partial charge in [-0.2, -0.15) is 0 Å². The van der Waals surface area contributed by atoms with Gasteiger partial charge in [0, 0.05) is 23.6 Å². The Balaban J connectivity index is 0.00000158. The summed E-state index contributed by atoms with van der Waals surface area (Å²) in [5.41, 5.74) is -0.0502. The third-order valence-corrected chi connectivity index (χ3v) is 7.69. The van der Waals surface area contributed by atoms with E-state index in [0.29, 0.717) is 11.8 Å². The number of carbonyl (C=O) groups is 5. The van der Waals surface area contributed by atoms with Crippen molar-refractivity contribution in [3.63, 3.8) is 0 Å². The van der Waals surface area contributed by atoms with Gasteiger partial charge in [-0.3, -0.25) is 28.8 Å². The molecule has 1 aromatic heterocycles. The molecule has 12 nitrogen and oxygen atoms in total. The molecule has 2 aromatic carbocycles. The number of hydrogen-bond donors (Lipinski definition) is 5. The average molecular weight is 546 g/mol. The summed E-state index contributed by atoms with van der Waals surface area (Å²) in [6, 6.07) is 2.87. The normalized spacial score (nSPS) is 19.0. The molecule has 0 radical (unpaired) electrons. The molecule has 40 heavy (non-hydrogen) atoms. The zero-order chi connectivity index (χ0) is 29.3. The molecular formula is C28H22N2O10. The Morgan fingerprint density at radius 1 is 0.975 bits per heavy atom. The highest BCUT2D eigenvalue weighted by atomic mass is 16.5. The van der Waals surface area contributed by atoms with Gasteiger partial charge in [0.15, 0.2) is 29.4 Å². The summed E-state index contributed by atoms with van der Waals surface area (Å²) in [6.45, 7) is 0. The highest BCUT2D eigenvalue weighted by Gasteiger charge is 2.57. The number of aryl methyl sites for hydroxylation is 1. The number of aromatic amines is 1. The molecule has 6 rings (SSSR count). The lowest BCUT2D eigenvalue weighted by molar-refractivity contribution is -0.122. The van der Waals surface area contributed by atoms with Crippen molar-refractivity contribution in [1.82, 2.24) is 4.98 Å². The highest BCUT2D eigenvalue weighted by Crippen LogP contribution is 2.54. The topological polar surface area (TPSA) is 214 Å². The van der Waals surface area contributed by atoms with Crippen LogP contribution in [0, 0.1) is 0 Å². The smallest absolute Gasteiger partial charge is 0.260 e. The van der Waals surface area contributed by atoms with Crippen LogP contribution in [0.2, 0.25) is 0 Å². The van der Waals surface area contributed by atoms with Crippen LogP contribution in [0.15, 0.2) is 28.8 Å². The number of aromatic nitrogens is 1. The first-order valence-corrected chi connectivity index (χ1v) is 12.1. The molecule has 0 fully saturated rings. The number of rotatable bonds is 2. The average Bonchev–Trinajstić information content (AvgIpc) is 3.32. The van der Waals surface area contributed by atoms with Crippen LogP contribution >= 0.6 is 0 Å². The van der Waals surface area contributed by atoms with Crippen LogP contribution < -0.4 is 11.3 Å². The van der Waals surface area contributed by atoms with Gasteiger partial charge in [0.1, 0.15) is 22.7 Å². The minimum atomic E-state index is -2.02. The number of ether oxygens (including phenoxy) is 1. The van der Waals surface area contributed by atoms with Crippen molar-refractivity contribution in [1.29, 1.82) is 0 Å². The highest BCUT2D eigenvalue weighted by molar-refractivity contribution is 6.31. The van der Waals surface area contributed by atoms with Crippen LogP contribution in [-0.4, -0.2) is 63.9 Å². The van der Waals surface area contributed by atoms with Crippen molar-refractivity contribution in [3.05, 3.63) is 73.4 Å². The monoisotopic (exact) mass is 546 g/mol. The summed E-state index contributed by atoms with van der Waals surface area (Å²) in [5.74, 6) is -6.16. The number of benzene rings is 2. The van der Waals surface area contributed by atoms with Gasteiger partial charge >= 0.3 is 0 Å². The molecular weight excluding hydrogens is 524 g/mol. The summed E-state index contributed by atoms with van der Waals surface area (Å²) in [4.78, 5) is 79.5. The maximum absolute atomic E-state index is 14.1. The second-order valence-corrected chi connectivity index (χ2v) is 9.44. The van der Waals surface area contributed by atoms with Crippen molar-refractivity contribution in [2.45, 2.75) is 24.7 Å². The Morgan fingerprint density at radius 2 is 1.68 bits per heavy atom. The van der Waals surface area contributed by atoms with E-state index in [1.807, 2.05) is 0 Å². The number of nitrogens with one attached hydrogen (secondary N) is 1. The zero-order valence-electron chi connectivity index (χ0n) is 21.2. The summed E-state index contributed by atoms with van der Waals surface area (Å²) >= 11 is 0. The first-order valence-electron chi connectivity index (χ1n) is 12.1. The lowest BCUT2D eigenvalue weighted by Crippen LogP contribution is -2.47. The summed E-state index contributed by atoms with van der Waals surface area (Å²) in [6.07, 6.45) is 0.709. The molecule has 3 aromatic rings. The van der Waals surface area contributed by atoms with E-state index in [1.165, 1.54) is 19.2 Å². The molecule has 1 atom stereocenters. The number of fused-ring (bicyclic) bond motifs is 5. The number of pyridine rings is 1. The van der Waals surface area contributed by atoms with E-state index in [1.54, 1.807) is 0 Å². The summed E-state index contributed by atoms with van der Waals surface area (Å²) in [5, 5.41) is 33.3. The predicted molar refractivity (Wildman–Crippen MR) is 138 cm³/mol. The zero-order valence-corrected chi connectivity index (χ0v) is 21.2. The number of nitrogens with two attached hydrogens (primary N) is 1. The van der Waals surface area contributed by atoms with Gasteiger partial charge in [0.25, 0.3) is 5.56 Å². The Hall–Kier alpha value is -5.10. The first-order chi connectivity index (χ1) is 19.1. The molecule has 0 bridgehead atoms. The number of Topliss-reactive ketones (excluding diaryl/α,β-unsaturated/α-hetero) is 3. The maximum Gasteiger partial charge on any atom is 0.260 e. The quantitative estimate of drug-likeness (QED) is 0.174. The van der Waals surface area contributed by atoms with Crippen molar-refractivity contribution in [2.24, 2.45) is 5.73 Å². The van der Waals surface area contributed by atoms with Crippen molar-refractivity contribution >= 4 is 40.2 Å². The number of carbonyl (C=O) groups excluding carboxylic acids is 5. The number of aldehydes is 1. The largest absolute Gasteiger partial charge is 0.507 e. The molecule has 0 aliphatic heterocycles. The fourth-order valence-corrected chi connectivity index (χ4v) is 6.02. The molecule has 0 saturated carbocycles. The molecule has 12 heteroatoms. The molecule has 6 N–H and O–H groups in total. The van der Waals surface area contributed by atoms with Crippen molar-refractivity contribution in [2.75, 3.05) is 14.2 Å². The van der Waals surface area contributed by atoms with E-state index in [9.17, 15) is 44.1 Å². The lowest BCUT2D eigenvalue weighted by Gasteiger charge is -2.34. The number of hydrogen-bond acceptors (Lipinski definition) is 11. The second kappa shape index (κ2) is 8.99. The van der Waals surface area contributed by atoms with Crippen molar-refractivity contribution < 1.29 is 44.0 Å². The number of H-pyrrole nitrogens is 1. The van der Waals surface area contributed by atoms with E-state index in [4.69, 9.17) is 4.74 Å². The first kappa shape index (κ1) is 26.5. The minimum absolute atomic E-state index is 0.0258. The molecule has 0 amide bonds. The van der Waals surface area contributed by atoms with Crippen LogP contribution in [0.1, 0.15) is 64.7 Å². The van der Waals surface area contributed by atoms with E-state index in [0.717, 1.165) is 13.2 Å². The number of phenols is 3. The molecule has 204 valence electrons. The van der Waals surface area contributed by atoms with Gasteiger partial charge in [-0.25, -0.2) is 0 Å². The van der Waals surface area contributed by atoms with E-state index < -0.39 is 80.2 Å². The standard InChI is InChI=1S/C27H17NO10.CH5N/c1-38-14-7-13(30)18-19(22(14)33)23(34)17-12(21(18)32)6-15(31)27(25(17)36)3-2-9-4-10-5-11(8-29)28-26(37)16(10)24(35)20(9)27;1-2/h4-5,7-8,32,34-35H,2-3,6H2,1H3,(H,28,37);2H2,1H3. The predicted octanol–water partition coefficient (Wildman–Crippen LogP) is 1.13. The van der Waals surface area contributed by atoms with Gasteiger partial charge in [-0.1, -0.05) is 6.07 Å². The number of phenolic OH excluding ortho intramolecular Hbond substituents is 3. The van der Waals surface area contributed by atoms with Gasteiger partial charge in [-0.15, -0.1) is 0 Å². The number of methoxy groups -OCH3 is 1. The summed E-state index contributed by atoms with van der Waals surface area (Å²) in [7, 11) is 2.64. The van der Waals surface area contributed by atoms with Gasteiger partial charge in [0.05, 0.1) is 34.9 Å². The number of allylic oxidation sites excluding steroid dienone is 2. The SMILES string of the molecule is CN.COC1=CC(=O)c2c(O)c3c(c(O)c2C1=O)C(=O)C1(CCc2cc4cc(C=O)[nH]c(=O)c4c(O)c21)C(=O)C3. The third-order valence-electron chi connectivity index (χ3n) is 7.69. The van der Waals surface area contributed by atoms with Crippen molar-refractivity contribution in [3.8, 4) is 17.2 Å². The van der Waals surface area contributed by atoms with E-state index in [2.05, 4.69) is 10.7 Å². The molecule has 3 aliphatic carbocycles. The Kier molecular flexibility index (Phi) is 5.95. The lowest BCUT2D eigenvalue weighted by atomic mass is 9.64. The van der Waals surface area contributed by atoms with Gasteiger partial charge in [0.2, 0.25) is 5.78 Å². The second-order valence-electron chi connectivity index (χ2n) is 9.44. The maximum atomic E-state index is 14.1. The number of ketones is 4. The van der Waals surface area contributed by atoms with Crippen LogP contribution in [0.4, 0.5) is 0 Å². The molecule has 0 saturated heterocycles. The van der Waals surface area contributed by atoms with E-state index >= 15 is 0 Å². The molecule has 1 spiro atoms. The third kappa shape index (κ3) is 3.16. The minimum Gasteiger partial charge on any atom is -0.507 e. The van der Waals surface area contributed by atoms with Crippen LogP contribution in [-0.2, 0) is 27.8 Å². The van der Waals surface area contributed by atoms with Gasteiger partial charge < -0.3 is 30.8 Å². The van der Waals surface area contributed by atoms with Crippen LogP contribution in [0.5, 0.6) is 17.2 Å².